The van der Waals surface area contributed by atoms with E-state index in [9.17, 15) is 4.79 Å². The number of esters is 1. The molecule has 0 spiro atoms. The first-order chi connectivity index (χ1) is 8.57. The second-order valence-corrected chi connectivity index (χ2v) is 4.80. The molecule has 2 unspecified atom stereocenters. The lowest BCUT2D eigenvalue weighted by atomic mass is 9.94. The van der Waals surface area contributed by atoms with Crippen molar-refractivity contribution in [2.45, 2.75) is 38.5 Å². The molecule has 2 heterocycles. The first kappa shape index (κ1) is 13.1. The normalized spacial score (nSPS) is 27.4. The van der Waals surface area contributed by atoms with Crippen molar-refractivity contribution >= 4 is 5.97 Å². The van der Waals surface area contributed by atoms with E-state index in [0.29, 0.717) is 6.54 Å². The van der Waals surface area contributed by atoms with Crippen LogP contribution in [0, 0.1) is 0 Å². The number of hydrogen-bond acceptors (Lipinski definition) is 5. The highest BCUT2D eigenvalue weighted by molar-refractivity contribution is 5.87. The van der Waals surface area contributed by atoms with Crippen LogP contribution in [0.25, 0.3) is 0 Å². The van der Waals surface area contributed by atoms with Gasteiger partial charge in [-0.15, -0.1) is 0 Å². The highest BCUT2D eigenvalue weighted by Crippen LogP contribution is 2.26. The van der Waals surface area contributed by atoms with Gasteiger partial charge >= 0.3 is 5.97 Å². The number of ether oxygens (including phenoxy) is 2. The van der Waals surface area contributed by atoms with Gasteiger partial charge in [-0.05, 0) is 26.3 Å². The van der Waals surface area contributed by atoms with Crippen molar-refractivity contribution in [2.75, 3.05) is 13.7 Å². The van der Waals surface area contributed by atoms with Crippen molar-refractivity contribution in [3.8, 4) is 0 Å². The minimum Gasteiger partial charge on any atom is -0.463 e. The summed E-state index contributed by atoms with van der Waals surface area (Å²) in [6, 6.07) is 1.78. The van der Waals surface area contributed by atoms with Gasteiger partial charge in [0.2, 0.25) is 5.76 Å². The van der Waals surface area contributed by atoms with Gasteiger partial charge in [-0.25, -0.2) is 4.79 Å². The van der Waals surface area contributed by atoms with Gasteiger partial charge in [0.1, 0.15) is 0 Å². The Bertz CT molecular complexity index is 428. The maximum absolute atomic E-state index is 11.5. The average molecular weight is 253 g/mol. The summed E-state index contributed by atoms with van der Waals surface area (Å²) < 4.78 is 15.4. The van der Waals surface area contributed by atoms with Gasteiger partial charge in [0, 0.05) is 24.3 Å². The van der Waals surface area contributed by atoms with Crippen LogP contribution in [0.15, 0.2) is 16.7 Å². The van der Waals surface area contributed by atoms with Crippen LogP contribution in [0.2, 0.25) is 0 Å². The summed E-state index contributed by atoms with van der Waals surface area (Å²) in [6.07, 6.45) is 2.62. The molecule has 1 aromatic heterocycles. The Morgan fingerprint density at radius 2 is 2.44 bits per heavy atom. The molecule has 0 aliphatic carbocycles. The van der Waals surface area contributed by atoms with E-state index in [0.717, 1.165) is 18.6 Å². The first-order valence-electron chi connectivity index (χ1n) is 6.08. The molecule has 1 aliphatic heterocycles. The minimum absolute atomic E-state index is 0.0648. The molecule has 0 saturated carbocycles. The molecular formula is C13H19NO4. The summed E-state index contributed by atoms with van der Waals surface area (Å²) in [6.45, 7) is 5.50. The zero-order chi connectivity index (χ0) is 13.2. The van der Waals surface area contributed by atoms with Crippen LogP contribution in [-0.2, 0) is 16.0 Å². The third-order valence-electron chi connectivity index (χ3n) is 3.69. The summed E-state index contributed by atoms with van der Waals surface area (Å²) in [5, 5.41) is 3.44. The largest absolute Gasteiger partial charge is 0.463 e. The van der Waals surface area contributed by atoms with Gasteiger partial charge in [0.25, 0.3) is 0 Å². The molecule has 100 valence electrons. The fourth-order valence-electron chi connectivity index (χ4n) is 2.11. The van der Waals surface area contributed by atoms with Crippen molar-refractivity contribution in [1.82, 2.24) is 5.32 Å². The number of nitrogens with one attached hydrogen (secondary N) is 1. The summed E-state index contributed by atoms with van der Waals surface area (Å²) in [5.74, 6) is -0.183. The van der Waals surface area contributed by atoms with Crippen LogP contribution >= 0.6 is 0 Å². The molecule has 1 N–H and O–H groups in total. The molecule has 0 amide bonds. The molecule has 18 heavy (non-hydrogen) atoms. The van der Waals surface area contributed by atoms with Gasteiger partial charge in [-0.3, -0.25) is 0 Å². The van der Waals surface area contributed by atoms with E-state index in [4.69, 9.17) is 9.15 Å². The van der Waals surface area contributed by atoms with Crippen molar-refractivity contribution in [3.63, 3.8) is 0 Å². The van der Waals surface area contributed by atoms with Gasteiger partial charge in [0.15, 0.2) is 0 Å². The van der Waals surface area contributed by atoms with E-state index >= 15 is 0 Å². The summed E-state index contributed by atoms with van der Waals surface area (Å²) in [4.78, 5) is 11.5. The third kappa shape index (κ3) is 2.42. The molecule has 1 fully saturated rings. The maximum atomic E-state index is 11.5. The number of methoxy groups -OCH3 is 1. The molecule has 2 rings (SSSR count). The Balaban J connectivity index is 2.02. The van der Waals surface area contributed by atoms with Gasteiger partial charge in [-0.2, -0.15) is 0 Å². The average Bonchev–Trinajstić information content (AvgIpc) is 2.94. The second-order valence-electron chi connectivity index (χ2n) is 4.80. The van der Waals surface area contributed by atoms with E-state index in [1.54, 1.807) is 6.07 Å². The van der Waals surface area contributed by atoms with E-state index in [1.807, 2.05) is 0 Å². The van der Waals surface area contributed by atoms with Crippen molar-refractivity contribution in [1.29, 1.82) is 0 Å². The Morgan fingerprint density at radius 3 is 3.06 bits per heavy atom. The minimum atomic E-state index is -0.447. The molecule has 5 nitrogen and oxygen atoms in total. The number of furan rings is 1. The smallest absolute Gasteiger partial charge is 0.374 e. The van der Waals surface area contributed by atoms with Crippen LogP contribution < -0.4 is 5.32 Å². The molecule has 2 atom stereocenters. The highest BCUT2D eigenvalue weighted by atomic mass is 16.5. The number of carbonyl (C=O) groups is 1. The molecule has 1 aliphatic rings. The SMILES string of the molecule is COC(=O)c1occc1CNC1(C)CCOC1C. The van der Waals surface area contributed by atoms with Crippen LogP contribution in [0.3, 0.4) is 0 Å². The molecule has 5 heteroatoms. The lowest BCUT2D eigenvalue weighted by Crippen LogP contribution is -2.47. The summed E-state index contributed by atoms with van der Waals surface area (Å²) in [7, 11) is 1.34. The topological polar surface area (TPSA) is 60.7 Å². The van der Waals surface area contributed by atoms with Gasteiger partial charge < -0.3 is 19.2 Å². The zero-order valence-corrected chi connectivity index (χ0v) is 11.0. The number of carbonyl (C=O) groups excluding carboxylic acids is 1. The van der Waals surface area contributed by atoms with Crippen LogP contribution in [0.5, 0.6) is 0 Å². The monoisotopic (exact) mass is 253 g/mol. The fraction of sp³-hybridized carbons (Fsp3) is 0.615. The Labute approximate surface area is 106 Å². The number of hydrogen-bond donors (Lipinski definition) is 1. The molecule has 1 aromatic rings. The molecule has 0 aromatic carbocycles. The number of rotatable bonds is 4. The highest BCUT2D eigenvalue weighted by Gasteiger charge is 2.36. The quantitative estimate of drug-likeness (QED) is 0.828. The van der Waals surface area contributed by atoms with Crippen LogP contribution in [-0.4, -0.2) is 31.3 Å². The Kier molecular flexibility index (Phi) is 3.73. The lowest BCUT2D eigenvalue weighted by Gasteiger charge is -2.28. The Hall–Kier alpha value is -1.33. The predicted molar refractivity (Wildman–Crippen MR) is 65.3 cm³/mol. The standard InChI is InChI=1S/C13H19NO4/c1-9-13(2,5-7-17-9)14-8-10-4-6-18-11(10)12(15)16-3/h4,6,9,14H,5,7-8H2,1-3H3. The molecule has 1 saturated heterocycles. The summed E-state index contributed by atoms with van der Waals surface area (Å²) >= 11 is 0. The fourth-order valence-corrected chi connectivity index (χ4v) is 2.11. The predicted octanol–water partition coefficient (Wildman–Crippen LogP) is 1.72. The van der Waals surface area contributed by atoms with Crippen molar-refractivity contribution in [3.05, 3.63) is 23.7 Å². The van der Waals surface area contributed by atoms with Crippen LogP contribution in [0.4, 0.5) is 0 Å². The molecular weight excluding hydrogens is 234 g/mol. The maximum Gasteiger partial charge on any atom is 0.374 e. The van der Waals surface area contributed by atoms with E-state index < -0.39 is 5.97 Å². The molecule has 0 radical (unpaired) electrons. The van der Waals surface area contributed by atoms with Crippen molar-refractivity contribution < 1.29 is 18.7 Å². The van der Waals surface area contributed by atoms with E-state index in [2.05, 4.69) is 23.9 Å². The second kappa shape index (κ2) is 5.12. The van der Waals surface area contributed by atoms with Crippen LogP contribution in [0.1, 0.15) is 36.4 Å². The zero-order valence-electron chi connectivity index (χ0n) is 11.0. The first-order valence-corrected chi connectivity index (χ1v) is 6.08. The third-order valence-corrected chi connectivity index (χ3v) is 3.69. The van der Waals surface area contributed by atoms with E-state index in [-0.39, 0.29) is 17.4 Å². The lowest BCUT2D eigenvalue weighted by molar-refractivity contribution is 0.0562. The van der Waals surface area contributed by atoms with E-state index in [1.165, 1.54) is 13.4 Å². The van der Waals surface area contributed by atoms with Crippen molar-refractivity contribution in [2.24, 2.45) is 0 Å². The Morgan fingerprint density at radius 1 is 1.67 bits per heavy atom. The van der Waals surface area contributed by atoms with Gasteiger partial charge in [-0.1, -0.05) is 0 Å². The van der Waals surface area contributed by atoms with Gasteiger partial charge in [0.05, 0.1) is 19.5 Å². The summed E-state index contributed by atoms with van der Waals surface area (Å²) in [5.41, 5.74) is 0.743. The molecule has 0 bridgehead atoms.